The highest BCUT2D eigenvalue weighted by molar-refractivity contribution is 6.07. The summed E-state index contributed by atoms with van der Waals surface area (Å²) in [4.78, 5) is 41.1. The van der Waals surface area contributed by atoms with Crippen LogP contribution in [0.5, 0.6) is 0 Å². The predicted octanol–water partition coefficient (Wildman–Crippen LogP) is -0.104. The van der Waals surface area contributed by atoms with Crippen LogP contribution in [-0.4, -0.2) is 46.4 Å². The fraction of sp³-hybridized carbons (Fsp3) is 0.385. The normalized spacial score (nSPS) is 25.5. The van der Waals surface area contributed by atoms with Crippen LogP contribution < -0.4 is 10.6 Å². The molecule has 2 aliphatic rings. The first kappa shape index (κ1) is 12.6. The van der Waals surface area contributed by atoms with Gasteiger partial charge in [0.15, 0.2) is 0 Å². The Labute approximate surface area is 115 Å². The molecule has 0 bridgehead atoms. The molecule has 1 atom stereocenters. The Morgan fingerprint density at radius 3 is 2.70 bits per heavy atom. The highest BCUT2D eigenvalue weighted by atomic mass is 16.2. The molecular formula is C13H14N4O3. The van der Waals surface area contributed by atoms with Gasteiger partial charge in [-0.1, -0.05) is 0 Å². The maximum Gasteiger partial charge on any atom is 0.322 e. The summed E-state index contributed by atoms with van der Waals surface area (Å²) in [5.41, 5.74) is -0.445. The van der Waals surface area contributed by atoms with Crippen LogP contribution in [0.3, 0.4) is 0 Å². The minimum atomic E-state index is -0.974. The van der Waals surface area contributed by atoms with Gasteiger partial charge in [0.25, 0.3) is 11.8 Å². The molecule has 0 aliphatic carbocycles. The summed E-state index contributed by atoms with van der Waals surface area (Å²) in [6, 6.07) is 2.78. The molecule has 2 aliphatic heterocycles. The van der Waals surface area contributed by atoms with Gasteiger partial charge in [0, 0.05) is 24.5 Å². The fourth-order valence-electron chi connectivity index (χ4n) is 2.72. The minimum Gasteiger partial charge on any atom is -0.336 e. The number of imide groups is 1. The first-order chi connectivity index (χ1) is 9.61. The van der Waals surface area contributed by atoms with E-state index in [-0.39, 0.29) is 18.4 Å². The maximum absolute atomic E-state index is 12.4. The number of piperidine rings is 1. The molecule has 2 saturated heterocycles. The number of nitrogens with one attached hydrogen (secondary N) is 2. The van der Waals surface area contributed by atoms with Crippen molar-refractivity contribution in [1.29, 1.82) is 0 Å². The number of hydrogen-bond acceptors (Lipinski definition) is 4. The molecule has 3 rings (SSSR count). The van der Waals surface area contributed by atoms with Crippen molar-refractivity contribution in [1.82, 2.24) is 20.5 Å². The van der Waals surface area contributed by atoms with Crippen molar-refractivity contribution in [3.8, 4) is 0 Å². The summed E-state index contributed by atoms with van der Waals surface area (Å²) < 4.78 is 0. The van der Waals surface area contributed by atoms with Crippen molar-refractivity contribution in [3.05, 3.63) is 30.1 Å². The highest BCUT2D eigenvalue weighted by Crippen LogP contribution is 2.25. The van der Waals surface area contributed by atoms with Gasteiger partial charge in [-0.3, -0.25) is 19.9 Å². The van der Waals surface area contributed by atoms with Gasteiger partial charge in [0.1, 0.15) is 5.54 Å². The van der Waals surface area contributed by atoms with Gasteiger partial charge >= 0.3 is 6.03 Å². The largest absolute Gasteiger partial charge is 0.336 e. The zero-order valence-electron chi connectivity index (χ0n) is 10.8. The quantitative estimate of drug-likeness (QED) is 0.699. The van der Waals surface area contributed by atoms with Crippen molar-refractivity contribution in [2.75, 3.05) is 13.1 Å². The molecule has 2 N–H and O–H groups in total. The highest BCUT2D eigenvalue weighted by Gasteiger charge is 2.49. The number of nitrogens with zero attached hydrogens (tertiary/aromatic N) is 2. The molecule has 0 saturated carbocycles. The summed E-state index contributed by atoms with van der Waals surface area (Å²) in [6.45, 7) is 0.776. The fourth-order valence-corrected chi connectivity index (χ4v) is 2.72. The Hall–Kier alpha value is -2.44. The van der Waals surface area contributed by atoms with Crippen LogP contribution in [0.1, 0.15) is 23.2 Å². The summed E-state index contributed by atoms with van der Waals surface area (Å²) >= 11 is 0. The van der Waals surface area contributed by atoms with E-state index in [9.17, 15) is 14.4 Å². The number of carbonyl (C=O) groups excluding carboxylic acids is 3. The first-order valence-electron chi connectivity index (χ1n) is 6.44. The predicted molar refractivity (Wildman–Crippen MR) is 68.8 cm³/mol. The van der Waals surface area contributed by atoms with Crippen LogP contribution in [0.4, 0.5) is 4.79 Å². The lowest BCUT2D eigenvalue weighted by atomic mass is 9.89. The van der Waals surface area contributed by atoms with Gasteiger partial charge in [-0.2, -0.15) is 0 Å². The summed E-state index contributed by atoms with van der Waals surface area (Å²) in [5.74, 6) is -0.504. The molecule has 3 heterocycles. The van der Waals surface area contributed by atoms with Crippen molar-refractivity contribution in [3.63, 3.8) is 0 Å². The summed E-state index contributed by atoms with van der Waals surface area (Å²) in [5, 5.41) is 4.89. The zero-order valence-corrected chi connectivity index (χ0v) is 10.8. The second-order valence-corrected chi connectivity index (χ2v) is 5.06. The lowest BCUT2D eigenvalue weighted by Gasteiger charge is -2.38. The number of aromatic nitrogens is 1. The average Bonchev–Trinajstić information content (AvgIpc) is 2.73. The number of hydrogen-bond donors (Lipinski definition) is 2. The lowest BCUT2D eigenvalue weighted by Crippen LogP contribution is -2.59. The van der Waals surface area contributed by atoms with Crippen LogP contribution in [0.2, 0.25) is 0 Å². The van der Waals surface area contributed by atoms with Gasteiger partial charge in [-0.05, 0) is 25.0 Å². The molecule has 1 spiro atoms. The third-order valence-corrected chi connectivity index (χ3v) is 3.72. The number of rotatable bonds is 1. The van der Waals surface area contributed by atoms with Crippen LogP contribution in [0.25, 0.3) is 0 Å². The van der Waals surface area contributed by atoms with Crippen LogP contribution >= 0.6 is 0 Å². The minimum absolute atomic E-state index is 0.152. The number of pyridine rings is 1. The van der Waals surface area contributed by atoms with Crippen molar-refractivity contribution < 1.29 is 14.4 Å². The van der Waals surface area contributed by atoms with E-state index in [1.807, 2.05) is 0 Å². The number of amides is 4. The SMILES string of the molecule is O=C1NC(=O)C2(CCCN(C(=O)c3ccncc3)C2)N1. The van der Waals surface area contributed by atoms with Gasteiger partial charge < -0.3 is 10.2 Å². The molecule has 1 aromatic heterocycles. The molecule has 0 radical (unpaired) electrons. The van der Waals surface area contributed by atoms with Crippen molar-refractivity contribution in [2.24, 2.45) is 0 Å². The van der Waals surface area contributed by atoms with Crippen molar-refractivity contribution >= 4 is 17.8 Å². The van der Waals surface area contributed by atoms with E-state index in [1.165, 1.54) is 0 Å². The second-order valence-electron chi connectivity index (χ2n) is 5.06. The topological polar surface area (TPSA) is 91.4 Å². The monoisotopic (exact) mass is 274 g/mol. The average molecular weight is 274 g/mol. The van der Waals surface area contributed by atoms with Crippen molar-refractivity contribution in [2.45, 2.75) is 18.4 Å². The van der Waals surface area contributed by atoms with Gasteiger partial charge in [-0.25, -0.2) is 4.79 Å². The summed E-state index contributed by atoms with van der Waals surface area (Å²) in [7, 11) is 0. The molecule has 7 nitrogen and oxygen atoms in total. The number of likely N-dealkylation sites (tertiary alicyclic amines) is 1. The Kier molecular flexibility index (Phi) is 2.89. The van der Waals surface area contributed by atoms with E-state index < -0.39 is 11.6 Å². The molecule has 2 fully saturated rings. The Morgan fingerprint density at radius 1 is 1.30 bits per heavy atom. The van der Waals surface area contributed by atoms with Gasteiger partial charge in [-0.15, -0.1) is 0 Å². The van der Waals surface area contributed by atoms with Crippen LogP contribution in [0.15, 0.2) is 24.5 Å². The van der Waals surface area contributed by atoms with E-state index in [0.29, 0.717) is 24.9 Å². The third kappa shape index (κ3) is 2.01. The molecular weight excluding hydrogens is 260 g/mol. The molecule has 0 aromatic carbocycles. The standard InChI is InChI=1S/C13H14N4O3/c18-10(9-2-5-14-6-3-9)17-7-1-4-13(8-17)11(19)15-12(20)16-13/h2-3,5-6H,1,4,7-8H2,(H2,15,16,19,20). The Morgan fingerprint density at radius 2 is 2.05 bits per heavy atom. The maximum atomic E-state index is 12.4. The molecule has 20 heavy (non-hydrogen) atoms. The second kappa shape index (κ2) is 4.59. The Balaban J connectivity index is 1.81. The molecule has 1 unspecified atom stereocenters. The third-order valence-electron chi connectivity index (χ3n) is 3.72. The Bertz CT molecular complexity index is 574. The van der Waals surface area contributed by atoms with E-state index in [1.54, 1.807) is 29.4 Å². The van der Waals surface area contributed by atoms with E-state index in [0.717, 1.165) is 0 Å². The number of carbonyl (C=O) groups is 3. The van der Waals surface area contributed by atoms with Crippen LogP contribution in [0, 0.1) is 0 Å². The van der Waals surface area contributed by atoms with E-state index >= 15 is 0 Å². The number of urea groups is 1. The van der Waals surface area contributed by atoms with Gasteiger partial charge in [0.05, 0.1) is 6.54 Å². The molecule has 4 amide bonds. The molecule has 7 heteroatoms. The first-order valence-corrected chi connectivity index (χ1v) is 6.44. The van der Waals surface area contributed by atoms with E-state index in [4.69, 9.17) is 0 Å². The van der Waals surface area contributed by atoms with E-state index in [2.05, 4.69) is 15.6 Å². The summed E-state index contributed by atoms with van der Waals surface area (Å²) in [6.07, 6.45) is 4.32. The smallest absolute Gasteiger partial charge is 0.322 e. The zero-order chi connectivity index (χ0) is 14.2. The molecule has 1 aromatic rings. The van der Waals surface area contributed by atoms with Gasteiger partial charge in [0.2, 0.25) is 0 Å². The lowest BCUT2D eigenvalue weighted by molar-refractivity contribution is -0.125. The molecule has 104 valence electrons. The van der Waals surface area contributed by atoms with Crippen LogP contribution in [-0.2, 0) is 4.79 Å².